The van der Waals surface area contributed by atoms with E-state index in [1.54, 1.807) is 0 Å². The van der Waals surface area contributed by atoms with Crippen molar-refractivity contribution in [3.8, 4) is 0 Å². The Labute approximate surface area is 284 Å². The quantitative estimate of drug-likeness (QED) is 0.117. The SMILES string of the molecule is CCCCCCCCCCCCCCCCCCCC(=O)N[C@H]1[C@@H](OCc2ccccc2)O[C@@H]2COC(c3ccccc3)O[C@H]2[C@@H]1O. The van der Waals surface area contributed by atoms with Crippen LogP contribution in [0.5, 0.6) is 0 Å². The van der Waals surface area contributed by atoms with Gasteiger partial charge in [-0.3, -0.25) is 4.79 Å². The Hall–Kier alpha value is -2.29. The van der Waals surface area contributed by atoms with E-state index in [2.05, 4.69) is 12.2 Å². The van der Waals surface area contributed by atoms with Crippen molar-refractivity contribution in [1.82, 2.24) is 5.32 Å². The van der Waals surface area contributed by atoms with Crippen LogP contribution in [0.3, 0.4) is 0 Å². The molecule has 0 aromatic heterocycles. The van der Waals surface area contributed by atoms with Gasteiger partial charge in [-0.15, -0.1) is 0 Å². The number of amides is 1. The lowest BCUT2D eigenvalue weighted by Gasteiger charge is -2.47. The van der Waals surface area contributed by atoms with Gasteiger partial charge in [0.15, 0.2) is 12.6 Å². The molecule has 2 heterocycles. The molecule has 2 aliphatic rings. The third kappa shape index (κ3) is 13.6. The molecule has 2 aromatic carbocycles. The largest absolute Gasteiger partial charge is 0.388 e. The Kier molecular flexibility index (Phi) is 17.9. The maximum atomic E-state index is 13.1. The second kappa shape index (κ2) is 22.4. The molecule has 0 spiro atoms. The molecule has 1 amide bonds. The number of nitrogens with one attached hydrogen (secondary N) is 1. The Morgan fingerprint density at radius 3 is 1.85 bits per heavy atom. The van der Waals surface area contributed by atoms with Gasteiger partial charge in [0.2, 0.25) is 5.91 Å². The molecule has 47 heavy (non-hydrogen) atoms. The van der Waals surface area contributed by atoms with Crippen molar-refractivity contribution in [2.24, 2.45) is 0 Å². The van der Waals surface area contributed by atoms with E-state index in [9.17, 15) is 9.90 Å². The van der Waals surface area contributed by atoms with Crippen molar-refractivity contribution in [3.63, 3.8) is 0 Å². The van der Waals surface area contributed by atoms with Crippen LogP contribution in [0.15, 0.2) is 60.7 Å². The molecule has 2 aromatic rings. The third-order valence-electron chi connectivity index (χ3n) is 9.53. The lowest BCUT2D eigenvalue weighted by Crippen LogP contribution is -2.66. The van der Waals surface area contributed by atoms with E-state index in [0.29, 0.717) is 13.0 Å². The number of rotatable bonds is 23. The number of benzene rings is 2. The number of ether oxygens (including phenoxy) is 4. The van der Waals surface area contributed by atoms with Crippen molar-refractivity contribution in [3.05, 3.63) is 71.8 Å². The molecule has 0 saturated carbocycles. The molecular formula is C40H61NO6. The summed E-state index contributed by atoms with van der Waals surface area (Å²) in [6, 6.07) is 18.7. The average Bonchev–Trinajstić information content (AvgIpc) is 3.10. The first kappa shape index (κ1) is 37.5. The van der Waals surface area contributed by atoms with E-state index in [1.807, 2.05) is 60.7 Å². The van der Waals surface area contributed by atoms with Gasteiger partial charge >= 0.3 is 0 Å². The molecule has 2 N–H and O–H groups in total. The minimum atomic E-state index is -1.01. The van der Waals surface area contributed by atoms with Crippen LogP contribution in [0, 0.1) is 0 Å². The van der Waals surface area contributed by atoms with E-state index in [0.717, 1.165) is 30.4 Å². The zero-order valence-electron chi connectivity index (χ0n) is 28.9. The van der Waals surface area contributed by atoms with Gasteiger partial charge in [0.05, 0.1) is 13.2 Å². The zero-order chi connectivity index (χ0) is 32.9. The third-order valence-corrected chi connectivity index (χ3v) is 9.53. The monoisotopic (exact) mass is 651 g/mol. The first-order valence-corrected chi connectivity index (χ1v) is 18.8. The molecule has 2 fully saturated rings. The summed E-state index contributed by atoms with van der Waals surface area (Å²) in [5.74, 6) is -0.1000. The molecule has 262 valence electrons. The van der Waals surface area contributed by atoms with Gasteiger partial charge in [-0.05, 0) is 12.0 Å². The normalized spacial score (nSPS) is 24.1. The first-order valence-electron chi connectivity index (χ1n) is 18.8. The second-order valence-electron chi connectivity index (χ2n) is 13.5. The van der Waals surface area contributed by atoms with Crippen molar-refractivity contribution in [2.45, 2.75) is 166 Å². The smallest absolute Gasteiger partial charge is 0.220 e. The van der Waals surface area contributed by atoms with Crippen molar-refractivity contribution in [2.75, 3.05) is 6.61 Å². The Morgan fingerprint density at radius 2 is 1.28 bits per heavy atom. The summed E-state index contributed by atoms with van der Waals surface area (Å²) < 4.78 is 24.6. The molecule has 7 nitrogen and oxygen atoms in total. The highest BCUT2D eigenvalue weighted by Gasteiger charge is 2.50. The molecule has 6 atom stereocenters. The van der Waals surface area contributed by atoms with E-state index in [1.165, 1.54) is 89.9 Å². The van der Waals surface area contributed by atoms with Gasteiger partial charge in [-0.1, -0.05) is 170 Å². The molecule has 0 aliphatic carbocycles. The summed E-state index contributed by atoms with van der Waals surface area (Å²) in [5, 5.41) is 14.5. The molecule has 4 rings (SSSR count). The maximum absolute atomic E-state index is 13.1. The van der Waals surface area contributed by atoms with E-state index < -0.39 is 36.9 Å². The van der Waals surface area contributed by atoms with Gasteiger partial charge in [0.25, 0.3) is 0 Å². The minimum absolute atomic E-state index is 0.1000. The number of carbonyl (C=O) groups is 1. The van der Waals surface area contributed by atoms with Crippen LogP contribution in [0.1, 0.15) is 140 Å². The summed E-state index contributed by atoms with van der Waals surface area (Å²) in [4.78, 5) is 13.1. The van der Waals surface area contributed by atoms with Gasteiger partial charge in [-0.2, -0.15) is 0 Å². The van der Waals surface area contributed by atoms with Gasteiger partial charge < -0.3 is 29.4 Å². The molecule has 2 saturated heterocycles. The fourth-order valence-electron chi connectivity index (χ4n) is 6.69. The van der Waals surface area contributed by atoms with Crippen LogP contribution >= 0.6 is 0 Å². The van der Waals surface area contributed by atoms with Crippen LogP contribution in [0.2, 0.25) is 0 Å². The molecule has 1 unspecified atom stereocenters. The highest BCUT2D eigenvalue weighted by molar-refractivity contribution is 5.76. The van der Waals surface area contributed by atoms with Crippen molar-refractivity contribution < 1.29 is 28.8 Å². The van der Waals surface area contributed by atoms with Gasteiger partial charge in [0.1, 0.15) is 24.4 Å². The fourth-order valence-corrected chi connectivity index (χ4v) is 6.69. The fraction of sp³-hybridized carbons (Fsp3) is 0.675. The van der Waals surface area contributed by atoms with Crippen LogP contribution < -0.4 is 5.32 Å². The molecule has 0 bridgehead atoms. The topological polar surface area (TPSA) is 86.3 Å². The molecule has 2 aliphatic heterocycles. The lowest BCUT2D eigenvalue weighted by atomic mass is 9.95. The van der Waals surface area contributed by atoms with Gasteiger partial charge in [-0.25, -0.2) is 0 Å². The summed E-state index contributed by atoms with van der Waals surface area (Å²) in [6.07, 6.45) is 19.0. The number of fused-ring (bicyclic) bond motifs is 1. The molecule has 7 heteroatoms. The Morgan fingerprint density at radius 1 is 0.745 bits per heavy atom. The number of unbranched alkanes of at least 4 members (excludes halogenated alkanes) is 16. The zero-order valence-corrected chi connectivity index (χ0v) is 28.9. The number of aliphatic hydroxyl groups excluding tert-OH is 1. The van der Waals surface area contributed by atoms with E-state index >= 15 is 0 Å². The predicted octanol–water partition coefficient (Wildman–Crippen LogP) is 8.93. The van der Waals surface area contributed by atoms with Crippen LogP contribution in [0.25, 0.3) is 0 Å². The van der Waals surface area contributed by atoms with Crippen LogP contribution in [-0.4, -0.2) is 48.3 Å². The number of hydrogen-bond acceptors (Lipinski definition) is 6. The standard InChI is InChI=1S/C40H61NO6/c1-2-3-4-5-6-7-8-9-10-11-12-13-14-15-16-17-24-29-35(42)41-36-37(43)38-34(31-45-39(47-38)33-27-22-19-23-28-33)46-40(36)44-30-32-25-20-18-21-26-32/h18-23,25-28,34,36-40,43H,2-17,24,29-31H2,1H3,(H,41,42)/t34-,36-,37-,38-,39?,40+/m1/s1. The highest BCUT2D eigenvalue weighted by Crippen LogP contribution is 2.34. The first-order chi connectivity index (χ1) is 23.2. The summed E-state index contributed by atoms with van der Waals surface area (Å²) in [6.45, 7) is 2.84. The lowest BCUT2D eigenvalue weighted by molar-refractivity contribution is -0.345. The minimum Gasteiger partial charge on any atom is -0.388 e. The summed E-state index contributed by atoms with van der Waals surface area (Å²) in [7, 11) is 0. The van der Waals surface area contributed by atoms with Crippen LogP contribution in [-0.2, 0) is 30.3 Å². The molecular weight excluding hydrogens is 590 g/mol. The number of hydrogen-bond donors (Lipinski definition) is 2. The number of aliphatic hydroxyl groups is 1. The molecule has 0 radical (unpaired) electrons. The maximum Gasteiger partial charge on any atom is 0.220 e. The predicted molar refractivity (Wildman–Crippen MR) is 187 cm³/mol. The average molecular weight is 652 g/mol. The second-order valence-corrected chi connectivity index (χ2v) is 13.5. The Bertz CT molecular complexity index is 1080. The highest BCUT2D eigenvalue weighted by atomic mass is 16.7. The van der Waals surface area contributed by atoms with Crippen molar-refractivity contribution >= 4 is 5.91 Å². The number of carbonyl (C=O) groups excluding carboxylic acids is 1. The van der Waals surface area contributed by atoms with Crippen LogP contribution in [0.4, 0.5) is 0 Å². The summed E-state index contributed by atoms with van der Waals surface area (Å²) >= 11 is 0. The van der Waals surface area contributed by atoms with E-state index in [4.69, 9.17) is 18.9 Å². The summed E-state index contributed by atoms with van der Waals surface area (Å²) in [5.41, 5.74) is 1.86. The Balaban J connectivity index is 1.12. The van der Waals surface area contributed by atoms with E-state index in [-0.39, 0.29) is 12.5 Å². The van der Waals surface area contributed by atoms with Gasteiger partial charge in [0, 0.05) is 12.0 Å². The van der Waals surface area contributed by atoms with Crippen molar-refractivity contribution in [1.29, 1.82) is 0 Å².